The molecule has 6 nitrogen and oxygen atoms in total. The van der Waals surface area contributed by atoms with Crippen molar-refractivity contribution < 1.29 is 25.9 Å². The highest BCUT2D eigenvalue weighted by Gasteiger charge is 2.46. The lowest BCUT2D eigenvalue weighted by atomic mass is 11.7. The van der Waals surface area contributed by atoms with Gasteiger partial charge in [0.1, 0.15) is 0 Å². The summed E-state index contributed by atoms with van der Waals surface area (Å²) in [6.45, 7) is 4.25. The summed E-state index contributed by atoms with van der Waals surface area (Å²) in [5.41, 5.74) is 0. The molecule has 0 bridgehead atoms. The van der Waals surface area contributed by atoms with E-state index in [0.717, 1.165) is 0 Å². The maximum absolute atomic E-state index is 10.7. The Kier molecular flexibility index (Phi) is 3.32. The predicted molar refractivity (Wildman–Crippen MR) is 50.2 cm³/mol. The normalized spacial score (nSPS) is 14.9. The second-order valence-corrected chi connectivity index (χ2v) is 13.2. The largest absolute Gasteiger partial charge is 0.285 e. The molecule has 0 saturated heterocycles. The quantitative estimate of drug-likeness (QED) is 0.536. The van der Waals surface area contributed by atoms with Crippen LogP contribution in [0.3, 0.4) is 0 Å². The van der Waals surface area contributed by atoms with Gasteiger partial charge in [0.25, 0.3) is 20.2 Å². The number of hydrogen-bond acceptors (Lipinski definition) is 4. The lowest BCUT2D eigenvalue weighted by Crippen LogP contribution is -2.49. The molecular weight excluding hydrogens is 236 g/mol. The Hall–Kier alpha value is 0.0369. The van der Waals surface area contributed by atoms with E-state index in [1.54, 1.807) is 0 Å². The first-order valence-electron chi connectivity index (χ1n) is 3.29. The van der Waals surface area contributed by atoms with Gasteiger partial charge >= 0.3 is 0 Å². The summed E-state index contributed by atoms with van der Waals surface area (Å²) in [6, 6.07) is 0. The van der Waals surface area contributed by atoms with Crippen LogP contribution in [0.1, 0.15) is 0 Å². The molecule has 0 aromatic rings. The molecule has 0 fully saturated rings. The fraction of sp³-hybridized carbons (Fsp3) is 1.00. The van der Waals surface area contributed by atoms with E-state index in [4.69, 9.17) is 9.11 Å². The molecule has 0 unspecified atom stereocenters. The zero-order chi connectivity index (χ0) is 11.1. The van der Waals surface area contributed by atoms with E-state index in [2.05, 4.69) is 0 Å². The summed E-state index contributed by atoms with van der Waals surface area (Å²) < 4.78 is 57.9. The van der Waals surface area contributed by atoms with Crippen LogP contribution in [0.5, 0.6) is 0 Å². The number of hydrogen-bond donors (Lipinski definition) is 2. The third-order valence-corrected chi connectivity index (χ3v) is 11.2. The minimum absolute atomic E-state index is 1.42. The fourth-order valence-corrected chi connectivity index (χ4v) is 9.43. The molecule has 0 spiro atoms. The first kappa shape index (κ1) is 13.0. The van der Waals surface area contributed by atoms with Crippen LogP contribution in [-0.2, 0) is 20.2 Å². The first-order valence-corrected chi connectivity index (χ1v) is 9.88. The molecule has 0 aliphatic heterocycles. The number of rotatable bonds is 3. The van der Waals surface area contributed by atoms with Crippen molar-refractivity contribution >= 4 is 28.3 Å². The molecule has 13 heavy (non-hydrogen) atoms. The Balaban J connectivity index is 5.56. The van der Waals surface area contributed by atoms with Crippen molar-refractivity contribution in [3.05, 3.63) is 0 Å². The van der Waals surface area contributed by atoms with Crippen LogP contribution in [-0.4, -0.2) is 38.2 Å². The molecule has 0 rings (SSSR count). The minimum atomic E-state index is -4.76. The van der Waals surface area contributed by atoms with Crippen molar-refractivity contribution in [2.75, 3.05) is 0 Å². The standard InChI is InChI=1S/C4H12O6S2Si/c1-13(2,3)4(11(5,6)7)12(8,9)10/h4H,1-3H3,(H,5,6,7)(H,8,9,10). The summed E-state index contributed by atoms with van der Waals surface area (Å²) in [5.74, 6) is 0. The van der Waals surface area contributed by atoms with E-state index in [1.807, 2.05) is 0 Å². The molecule has 0 heterocycles. The van der Waals surface area contributed by atoms with Gasteiger partial charge in [0.2, 0.25) is 0 Å². The first-order chi connectivity index (χ1) is 5.37. The van der Waals surface area contributed by atoms with Crippen molar-refractivity contribution in [1.29, 1.82) is 0 Å². The zero-order valence-electron chi connectivity index (χ0n) is 7.42. The van der Waals surface area contributed by atoms with Gasteiger partial charge in [-0.25, -0.2) is 0 Å². The molecule has 80 valence electrons. The van der Waals surface area contributed by atoms with Crippen molar-refractivity contribution in [3.63, 3.8) is 0 Å². The molecule has 0 aliphatic rings. The van der Waals surface area contributed by atoms with Crippen LogP contribution >= 0.6 is 0 Å². The zero-order valence-corrected chi connectivity index (χ0v) is 10.1. The van der Waals surface area contributed by atoms with Gasteiger partial charge in [-0.15, -0.1) is 0 Å². The van der Waals surface area contributed by atoms with Crippen LogP contribution in [0, 0.1) is 0 Å². The molecule has 0 radical (unpaired) electrons. The molecule has 9 heteroatoms. The van der Waals surface area contributed by atoms with Crippen molar-refractivity contribution in [1.82, 2.24) is 0 Å². The van der Waals surface area contributed by atoms with E-state index < -0.39 is 32.5 Å². The molecule has 0 aromatic carbocycles. The van der Waals surface area contributed by atoms with E-state index >= 15 is 0 Å². The van der Waals surface area contributed by atoms with Gasteiger partial charge in [-0.3, -0.25) is 9.11 Å². The Morgan fingerprint density at radius 2 is 1.15 bits per heavy atom. The summed E-state index contributed by atoms with van der Waals surface area (Å²) in [6.07, 6.45) is 0. The monoisotopic (exact) mass is 248 g/mol. The predicted octanol–water partition coefficient (Wildman–Crippen LogP) is -0.0345. The minimum Gasteiger partial charge on any atom is -0.285 e. The second kappa shape index (κ2) is 3.31. The Labute approximate surface area is 78.5 Å². The lowest BCUT2D eigenvalue weighted by molar-refractivity contribution is 0.465. The average Bonchev–Trinajstić information content (AvgIpc) is 1.44. The molecule has 0 atom stereocenters. The van der Waals surface area contributed by atoms with E-state index in [0.29, 0.717) is 0 Å². The molecule has 0 aliphatic carbocycles. The van der Waals surface area contributed by atoms with Crippen molar-refractivity contribution in [2.45, 2.75) is 23.8 Å². The van der Waals surface area contributed by atoms with Gasteiger partial charge in [0.15, 0.2) is 4.21 Å². The van der Waals surface area contributed by atoms with Crippen molar-refractivity contribution in [3.8, 4) is 0 Å². The summed E-state index contributed by atoms with van der Waals surface area (Å²) in [4.78, 5) is 0. The third kappa shape index (κ3) is 3.73. The van der Waals surface area contributed by atoms with Gasteiger partial charge in [-0.2, -0.15) is 16.8 Å². The molecule has 0 amide bonds. The maximum atomic E-state index is 10.7. The molecular formula is C4H12O6S2Si. The maximum Gasteiger partial charge on any atom is 0.281 e. The van der Waals surface area contributed by atoms with E-state index in [1.165, 1.54) is 19.6 Å². The van der Waals surface area contributed by atoms with Crippen LogP contribution in [0.4, 0.5) is 0 Å². The van der Waals surface area contributed by atoms with Crippen LogP contribution < -0.4 is 0 Å². The summed E-state index contributed by atoms with van der Waals surface area (Å²) >= 11 is 0. The van der Waals surface area contributed by atoms with E-state index in [9.17, 15) is 16.8 Å². The van der Waals surface area contributed by atoms with Gasteiger partial charge < -0.3 is 0 Å². The van der Waals surface area contributed by atoms with Gasteiger partial charge in [-0.05, 0) is 0 Å². The summed E-state index contributed by atoms with van der Waals surface area (Å²) in [5, 5.41) is 0. The van der Waals surface area contributed by atoms with Crippen LogP contribution in [0.25, 0.3) is 0 Å². The lowest BCUT2D eigenvalue weighted by Gasteiger charge is -2.22. The second-order valence-electron chi connectivity index (χ2n) is 3.73. The average molecular weight is 248 g/mol. The Morgan fingerprint density at radius 1 is 0.923 bits per heavy atom. The fourth-order valence-electron chi connectivity index (χ4n) is 1.05. The van der Waals surface area contributed by atoms with Gasteiger partial charge in [-0.1, -0.05) is 19.6 Å². The van der Waals surface area contributed by atoms with Gasteiger partial charge in [0.05, 0.1) is 8.07 Å². The highest BCUT2D eigenvalue weighted by molar-refractivity contribution is 8.06. The van der Waals surface area contributed by atoms with E-state index in [-0.39, 0.29) is 0 Å². The molecule has 0 saturated carbocycles. The highest BCUT2D eigenvalue weighted by atomic mass is 32.3. The molecule has 0 aromatic heterocycles. The van der Waals surface area contributed by atoms with Crippen LogP contribution in [0.15, 0.2) is 0 Å². The van der Waals surface area contributed by atoms with Crippen molar-refractivity contribution in [2.24, 2.45) is 0 Å². The summed E-state index contributed by atoms with van der Waals surface area (Å²) in [7, 11) is -12.2. The third-order valence-electron chi connectivity index (χ3n) is 1.25. The Bertz CT molecular complexity index is 341. The van der Waals surface area contributed by atoms with Gasteiger partial charge in [0, 0.05) is 0 Å². The smallest absolute Gasteiger partial charge is 0.281 e. The topological polar surface area (TPSA) is 109 Å². The molecule has 2 N–H and O–H groups in total. The Morgan fingerprint density at radius 3 is 1.15 bits per heavy atom. The highest BCUT2D eigenvalue weighted by Crippen LogP contribution is 2.19. The van der Waals surface area contributed by atoms with Crippen LogP contribution in [0.2, 0.25) is 19.6 Å². The SMILES string of the molecule is C[Si](C)(C)C(S(=O)(=O)O)S(=O)(=O)O.